The van der Waals surface area contributed by atoms with Gasteiger partial charge in [-0.25, -0.2) is 0 Å². The first-order valence-corrected chi connectivity index (χ1v) is 11.8. The fourth-order valence-corrected chi connectivity index (χ4v) is 5.73. The highest BCUT2D eigenvalue weighted by molar-refractivity contribution is 6.32. The Morgan fingerprint density at radius 1 is 0.879 bits per heavy atom. The van der Waals surface area contributed by atoms with Gasteiger partial charge >= 0.3 is 0 Å². The number of hydrogen-bond acceptors (Lipinski definition) is 6. The van der Waals surface area contributed by atoms with Crippen molar-refractivity contribution in [3.8, 4) is 11.5 Å². The van der Waals surface area contributed by atoms with Gasteiger partial charge < -0.3 is 9.47 Å². The molecule has 33 heavy (non-hydrogen) atoms. The molecule has 0 spiro atoms. The summed E-state index contributed by atoms with van der Waals surface area (Å²) in [5, 5.41) is 0.232. The maximum absolute atomic E-state index is 13.3. The molecule has 0 heterocycles. The smallest absolute Gasteiger partial charge is 0.179 e. The van der Waals surface area contributed by atoms with Crippen LogP contribution in [0.5, 0.6) is 11.5 Å². The highest BCUT2D eigenvalue weighted by atomic mass is 35.5. The number of methoxy groups -OCH3 is 1. The van der Waals surface area contributed by atoms with Crippen LogP contribution in [-0.2, 0) is 19.2 Å². The molecule has 0 aromatic heterocycles. The lowest BCUT2D eigenvalue weighted by molar-refractivity contribution is -0.145. The molecule has 2 aliphatic rings. The lowest BCUT2D eigenvalue weighted by Gasteiger charge is -2.41. The van der Waals surface area contributed by atoms with E-state index in [1.54, 1.807) is 12.1 Å². The fraction of sp³-hybridized carbons (Fsp3) is 0.615. The number of rotatable bonds is 6. The van der Waals surface area contributed by atoms with E-state index in [0.717, 1.165) is 0 Å². The van der Waals surface area contributed by atoms with Crippen molar-refractivity contribution in [2.75, 3.05) is 13.7 Å². The molecule has 7 heteroatoms. The zero-order valence-electron chi connectivity index (χ0n) is 20.2. The molecule has 1 aromatic carbocycles. The minimum absolute atomic E-state index is 0.211. The Hall–Kier alpha value is -2.21. The summed E-state index contributed by atoms with van der Waals surface area (Å²) in [5.74, 6) is -3.35. The summed E-state index contributed by atoms with van der Waals surface area (Å²) in [5.41, 5.74) is -0.431. The van der Waals surface area contributed by atoms with Gasteiger partial charge in [0.05, 0.1) is 30.6 Å². The number of benzene rings is 1. The van der Waals surface area contributed by atoms with Crippen LogP contribution in [0.1, 0.15) is 71.8 Å². The van der Waals surface area contributed by atoms with Crippen LogP contribution in [-0.4, -0.2) is 36.8 Å². The second-order valence-corrected chi connectivity index (χ2v) is 11.3. The van der Waals surface area contributed by atoms with E-state index in [-0.39, 0.29) is 53.8 Å². The van der Waals surface area contributed by atoms with E-state index < -0.39 is 28.6 Å². The lowest BCUT2D eigenvalue weighted by atomic mass is 9.59. The second kappa shape index (κ2) is 9.21. The summed E-state index contributed by atoms with van der Waals surface area (Å²) < 4.78 is 11.1. The van der Waals surface area contributed by atoms with Gasteiger partial charge in [-0.2, -0.15) is 0 Å². The third-order valence-corrected chi connectivity index (χ3v) is 6.92. The van der Waals surface area contributed by atoms with Gasteiger partial charge in [0.25, 0.3) is 0 Å². The minimum Gasteiger partial charge on any atom is -0.491 e. The maximum Gasteiger partial charge on any atom is 0.179 e. The molecule has 0 unspecified atom stereocenters. The summed E-state index contributed by atoms with van der Waals surface area (Å²) >= 11 is 6.48. The maximum atomic E-state index is 13.3. The Labute approximate surface area is 200 Å². The van der Waals surface area contributed by atoms with Crippen LogP contribution in [0, 0.1) is 22.7 Å². The fourth-order valence-electron chi connectivity index (χ4n) is 5.43. The van der Waals surface area contributed by atoms with Gasteiger partial charge in [-0.1, -0.05) is 39.3 Å². The van der Waals surface area contributed by atoms with E-state index in [2.05, 4.69) is 0 Å². The second-order valence-electron chi connectivity index (χ2n) is 10.8. The normalized spacial score (nSPS) is 21.6. The van der Waals surface area contributed by atoms with Gasteiger partial charge in [-0.3, -0.25) is 19.2 Å². The SMILES string of the molecule is CCOc1cc(C(C2C(=O)CC(C)(C)CC2=O)C2C(=O)CC(C)(C)CC2=O)cc(Cl)c1OC. The van der Waals surface area contributed by atoms with Crippen molar-refractivity contribution < 1.29 is 28.7 Å². The van der Waals surface area contributed by atoms with Crippen molar-refractivity contribution in [2.24, 2.45) is 22.7 Å². The predicted molar refractivity (Wildman–Crippen MR) is 125 cm³/mol. The number of ketones is 4. The highest BCUT2D eigenvalue weighted by Crippen LogP contribution is 2.49. The van der Waals surface area contributed by atoms with Crippen LogP contribution in [0.2, 0.25) is 5.02 Å². The van der Waals surface area contributed by atoms with E-state index in [1.807, 2.05) is 34.6 Å². The Balaban J connectivity index is 2.19. The predicted octanol–water partition coefficient (Wildman–Crippen LogP) is 4.98. The number of Topliss-reactive ketones (excluding diaryl/α,β-unsaturated/α-hetero) is 4. The number of carbonyl (C=O) groups is 4. The number of carbonyl (C=O) groups excluding carboxylic acids is 4. The van der Waals surface area contributed by atoms with Crippen LogP contribution in [0.15, 0.2) is 12.1 Å². The molecular weight excluding hydrogens is 444 g/mol. The Morgan fingerprint density at radius 3 is 1.67 bits per heavy atom. The first kappa shape index (κ1) is 25.4. The van der Waals surface area contributed by atoms with Gasteiger partial charge in [0.1, 0.15) is 23.1 Å². The topological polar surface area (TPSA) is 86.7 Å². The third kappa shape index (κ3) is 5.16. The number of ether oxygens (including phenoxy) is 2. The summed E-state index contributed by atoms with van der Waals surface area (Å²) in [4.78, 5) is 53.2. The van der Waals surface area contributed by atoms with Gasteiger partial charge in [0.15, 0.2) is 11.5 Å². The molecule has 2 saturated carbocycles. The molecule has 1 aromatic rings. The van der Waals surface area contributed by atoms with E-state index in [9.17, 15) is 19.2 Å². The van der Waals surface area contributed by atoms with Crippen LogP contribution in [0.3, 0.4) is 0 Å². The number of hydrogen-bond donors (Lipinski definition) is 0. The van der Waals surface area contributed by atoms with Gasteiger partial charge in [-0.05, 0) is 35.4 Å². The summed E-state index contributed by atoms with van der Waals surface area (Å²) in [6.45, 7) is 9.67. The van der Waals surface area contributed by atoms with Gasteiger partial charge in [-0.15, -0.1) is 0 Å². The minimum atomic E-state index is -1.07. The molecule has 0 aliphatic heterocycles. The molecule has 180 valence electrons. The Bertz CT molecular complexity index is 905. The summed E-state index contributed by atoms with van der Waals surface area (Å²) in [6, 6.07) is 3.24. The molecule has 0 saturated heterocycles. The van der Waals surface area contributed by atoms with Crippen LogP contribution >= 0.6 is 11.6 Å². The molecule has 6 nitrogen and oxygen atoms in total. The molecule has 2 fully saturated rings. The first-order chi connectivity index (χ1) is 15.3. The number of halogens is 1. The molecule has 0 amide bonds. The van der Waals surface area contributed by atoms with Crippen molar-refractivity contribution >= 4 is 34.7 Å². The van der Waals surface area contributed by atoms with E-state index >= 15 is 0 Å². The van der Waals surface area contributed by atoms with E-state index in [1.165, 1.54) is 7.11 Å². The van der Waals surface area contributed by atoms with Gasteiger partial charge in [0.2, 0.25) is 0 Å². The molecular formula is C26H33ClO6. The van der Waals surface area contributed by atoms with Crippen molar-refractivity contribution in [3.05, 3.63) is 22.7 Å². The van der Waals surface area contributed by atoms with Gasteiger partial charge in [0, 0.05) is 31.6 Å². The van der Waals surface area contributed by atoms with Crippen LogP contribution in [0.4, 0.5) is 0 Å². The zero-order valence-corrected chi connectivity index (χ0v) is 21.0. The summed E-state index contributed by atoms with van der Waals surface area (Å²) in [7, 11) is 1.47. The zero-order chi connectivity index (χ0) is 24.7. The van der Waals surface area contributed by atoms with Crippen LogP contribution < -0.4 is 9.47 Å². The molecule has 3 rings (SSSR count). The molecule has 0 N–H and O–H groups in total. The van der Waals surface area contributed by atoms with Crippen molar-refractivity contribution in [1.82, 2.24) is 0 Å². The molecule has 0 bridgehead atoms. The van der Waals surface area contributed by atoms with E-state index in [0.29, 0.717) is 23.7 Å². The van der Waals surface area contributed by atoms with Crippen molar-refractivity contribution in [3.63, 3.8) is 0 Å². The molecule has 0 radical (unpaired) electrons. The quantitative estimate of drug-likeness (QED) is 0.538. The standard InChI is InChI=1S/C26H33ClO6/c1-7-33-20-9-14(8-15(27)24(20)32-6)21(22-16(28)10-25(2,3)11-17(22)29)23-18(30)12-26(4,5)13-19(23)31/h8-9,21-23H,7,10-13H2,1-6H3. The average molecular weight is 477 g/mol. The average Bonchev–Trinajstić information content (AvgIpc) is 2.63. The van der Waals surface area contributed by atoms with Crippen LogP contribution in [0.25, 0.3) is 0 Å². The lowest BCUT2D eigenvalue weighted by Crippen LogP contribution is -2.48. The van der Waals surface area contributed by atoms with E-state index in [4.69, 9.17) is 21.1 Å². The third-order valence-electron chi connectivity index (χ3n) is 6.64. The van der Waals surface area contributed by atoms with Crippen molar-refractivity contribution in [2.45, 2.75) is 66.2 Å². The first-order valence-electron chi connectivity index (χ1n) is 11.4. The van der Waals surface area contributed by atoms with Crippen molar-refractivity contribution in [1.29, 1.82) is 0 Å². The molecule has 2 aliphatic carbocycles. The summed E-state index contributed by atoms with van der Waals surface area (Å²) in [6.07, 6.45) is 0.844. The highest BCUT2D eigenvalue weighted by Gasteiger charge is 2.52. The Kier molecular flexibility index (Phi) is 7.09. The largest absolute Gasteiger partial charge is 0.491 e. The monoisotopic (exact) mass is 476 g/mol. The Morgan fingerprint density at radius 2 is 1.30 bits per heavy atom. The molecule has 0 atom stereocenters.